The average Bonchev–Trinajstić information content (AvgIpc) is 3.18. The van der Waals surface area contributed by atoms with Crippen LogP contribution < -0.4 is 21.5 Å². The van der Waals surface area contributed by atoms with Crippen LogP contribution in [-0.2, 0) is 17.8 Å². The van der Waals surface area contributed by atoms with Crippen molar-refractivity contribution in [3.05, 3.63) is 85.7 Å². The Hall–Kier alpha value is -4.41. The second kappa shape index (κ2) is 8.76. The smallest absolute Gasteiger partial charge is 0.341 e. The molecule has 0 atom stereocenters. The Morgan fingerprint density at radius 2 is 1.97 bits per heavy atom. The zero-order valence-electron chi connectivity index (χ0n) is 16.8. The zero-order chi connectivity index (χ0) is 22.7. The topological polar surface area (TPSA) is 152 Å². The Labute approximate surface area is 179 Å². The van der Waals surface area contributed by atoms with E-state index in [2.05, 4.69) is 15.0 Å². The summed E-state index contributed by atoms with van der Waals surface area (Å²) < 4.78 is 8.26. The van der Waals surface area contributed by atoms with Crippen molar-refractivity contribution in [2.75, 3.05) is 6.61 Å². The normalized spacial score (nSPS) is 11.0. The molecule has 32 heavy (non-hydrogen) atoms. The molecule has 3 heterocycles. The molecule has 0 saturated carbocycles. The number of pyridine rings is 1. The highest BCUT2D eigenvalue weighted by Crippen LogP contribution is 2.15. The third kappa shape index (κ3) is 4.51. The van der Waals surface area contributed by atoms with E-state index in [0.717, 1.165) is 5.56 Å². The summed E-state index contributed by atoms with van der Waals surface area (Å²) in [5, 5.41) is 8.72. The quantitative estimate of drug-likeness (QED) is 0.366. The molecule has 0 amide bonds. The fourth-order valence-corrected chi connectivity index (χ4v) is 3.36. The first-order valence-electron chi connectivity index (χ1n) is 9.75. The number of aromatic amines is 2. The monoisotopic (exact) mass is 437 g/mol. The highest BCUT2D eigenvalue weighted by molar-refractivity contribution is 5.71. The number of hydrogen-bond donors (Lipinski definition) is 3. The lowest BCUT2D eigenvalue weighted by atomic mass is 10.1. The van der Waals surface area contributed by atoms with E-state index in [1.165, 1.54) is 21.5 Å². The number of imidazole rings is 1. The minimum atomic E-state index is -1.05. The number of nitrogens with one attached hydrogen (secondary N) is 2. The molecule has 4 aromatic rings. The van der Waals surface area contributed by atoms with Gasteiger partial charge in [-0.05, 0) is 36.6 Å². The van der Waals surface area contributed by atoms with Crippen molar-refractivity contribution in [1.29, 1.82) is 0 Å². The number of H-pyrrole nitrogens is 2. The number of ether oxygens (including phenoxy) is 1. The summed E-state index contributed by atoms with van der Waals surface area (Å²) in [7, 11) is 0. The van der Waals surface area contributed by atoms with E-state index in [4.69, 9.17) is 9.84 Å². The van der Waals surface area contributed by atoms with E-state index in [0.29, 0.717) is 30.8 Å². The van der Waals surface area contributed by atoms with E-state index < -0.39 is 23.8 Å². The first-order chi connectivity index (χ1) is 15.4. The molecule has 4 rings (SSSR count). The van der Waals surface area contributed by atoms with Crippen LogP contribution in [0.2, 0.25) is 0 Å². The molecular weight excluding hydrogens is 418 g/mol. The largest absolute Gasteiger partial charge is 0.482 e. The van der Waals surface area contributed by atoms with Gasteiger partial charge in [-0.3, -0.25) is 24.1 Å². The Morgan fingerprint density at radius 3 is 2.78 bits per heavy atom. The molecule has 3 N–H and O–H groups in total. The maximum atomic E-state index is 12.3. The molecule has 0 radical (unpaired) electrons. The maximum absolute atomic E-state index is 12.3. The van der Waals surface area contributed by atoms with Gasteiger partial charge in [-0.2, -0.15) is 0 Å². The molecule has 0 unspecified atom stereocenters. The minimum Gasteiger partial charge on any atom is -0.482 e. The second-order valence-electron chi connectivity index (χ2n) is 7.07. The number of nitrogens with zero attached hydrogens (tertiary/aromatic N) is 3. The van der Waals surface area contributed by atoms with Crippen LogP contribution >= 0.6 is 0 Å². The third-order valence-electron chi connectivity index (χ3n) is 4.81. The van der Waals surface area contributed by atoms with Gasteiger partial charge in [0.1, 0.15) is 12.1 Å². The van der Waals surface area contributed by atoms with Crippen LogP contribution in [-0.4, -0.2) is 41.8 Å². The number of aromatic nitrogens is 5. The molecule has 0 aliphatic carbocycles. The predicted octanol–water partition coefficient (Wildman–Crippen LogP) is 0.660. The SMILES string of the molecule is O=C(O)COc1cccc(CCCn2cc(-n3cnc4c(=O)[nH]c(=O)[nH]c43)ccc2=O)c1. The standard InChI is InChI=1S/C21H19N5O6/c27-16-7-6-14(26-12-22-18-19(26)23-21(31)24-20(18)30)10-25(16)8-2-4-13-3-1-5-15(9-13)32-11-17(28)29/h1,3,5-7,9-10,12H,2,4,8,11H2,(H,28,29)(H2,23,24,30,31). The second-order valence-corrected chi connectivity index (χ2v) is 7.07. The number of rotatable bonds is 8. The van der Waals surface area contributed by atoms with Crippen LogP contribution in [0.4, 0.5) is 0 Å². The van der Waals surface area contributed by atoms with Gasteiger partial charge in [0.25, 0.3) is 11.1 Å². The molecule has 0 bridgehead atoms. The molecule has 1 aromatic carbocycles. The van der Waals surface area contributed by atoms with Crippen LogP contribution in [0, 0.1) is 0 Å². The van der Waals surface area contributed by atoms with Gasteiger partial charge in [0.05, 0.1) is 5.69 Å². The van der Waals surface area contributed by atoms with Crippen LogP contribution in [0.1, 0.15) is 12.0 Å². The van der Waals surface area contributed by atoms with Crippen molar-refractivity contribution in [2.45, 2.75) is 19.4 Å². The molecule has 0 aliphatic heterocycles. The van der Waals surface area contributed by atoms with Gasteiger partial charge in [0, 0.05) is 18.8 Å². The Bertz CT molecular complexity index is 1460. The summed E-state index contributed by atoms with van der Waals surface area (Å²) in [4.78, 5) is 55.2. The molecule has 0 saturated heterocycles. The number of aryl methyl sites for hydroxylation is 2. The molecule has 11 nitrogen and oxygen atoms in total. The molecule has 164 valence electrons. The number of fused-ring (bicyclic) bond motifs is 1. The highest BCUT2D eigenvalue weighted by atomic mass is 16.5. The first kappa shape index (κ1) is 20.8. The van der Waals surface area contributed by atoms with Crippen molar-refractivity contribution < 1.29 is 14.6 Å². The maximum Gasteiger partial charge on any atom is 0.341 e. The van der Waals surface area contributed by atoms with E-state index in [1.807, 2.05) is 6.07 Å². The number of aliphatic carboxylic acids is 1. The van der Waals surface area contributed by atoms with Crippen molar-refractivity contribution in [2.24, 2.45) is 0 Å². The lowest BCUT2D eigenvalue weighted by Crippen LogP contribution is -2.23. The van der Waals surface area contributed by atoms with Gasteiger partial charge in [-0.25, -0.2) is 14.6 Å². The number of carbonyl (C=O) groups is 1. The van der Waals surface area contributed by atoms with E-state index in [1.54, 1.807) is 30.5 Å². The van der Waals surface area contributed by atoms with Crippen molar-refractivity contribution in [3.8, 4) is 11.4 Å². The Kier molecular flexibility index (Phi) is 5.71. The number of hydrogen-bond acceptors (Lipinski definition) is 6. The fourth-order valence-electron chi connectivity index (χ4n) is 3.36. The van der Waals surface area contributed by atoms with Gasteiger partial charge in [-0.1, -0.05) is 12.1 Å². The van der Waals surface area contributed by atoms with Gasteiger partial charge >= 0.3 is 11.7 Å². The van der Waals surface area contributed by atoms with Gasteiger partial charge in [0.15, 0.2) is 17.8 Å². The molecule has 0 aliphatic rings. The summed E-state index contributed by atoms with van der Waals surface area (Å²) in [5.41, 5.74) is 0.418. The summed E-state index contributed by atoms with van der Waals surface area (Å²) >= 11 is 0. The average molecular weight is 437 g/mol. The molecular formula is C21H19N5O6. The van der Waals surface area contributed by atoms with Gasteiger partial charge in [-0.15, -0.1) is 0 Å². The first-order valence-corrected chi connectivity index (χ1v) is 9.75. The van der Waals surface area contributed by atoms with Crippen molar-refractivity contribution >= 4 is 17.1 Å². The summed E-state index contributed by atoms with van der Waals surface area (Å²) in [6, 6.07) is 10.1. The third-order valence-corrected chi connectivity index (χ3v) is 4.81. The Balaban J connectivity index is 1.51. The summed E-state index contributed by atoms with van der Waals surface area (Å²) in [5.74, 6) is -0.575. The van der Waals surface area contributed by atoms with Gasteiger partial charge < -0.3 is 14.4 Å². The predicted molar refractivity (Wildman–Crippen MR) is 114 cm³/mol. The highest BCUT2D eigenvalue weighted by Gasteiger charge is 2.10. The van der Waals surface area contributed by atoms with Crippen LogP contribution in [0.5, 0.6) is 5.75 Å². The molecule has 11 heteroatoms. The molecule has 0 fully saturated rings. The fraction of sp³-hybridized carbons (Fsp3) is 0.190. The zero-order valence-corrected chi connectivity index (χ0v) is 16.8. The molecule has 3 aromatic heterocycles. The summed E-state index contributed by atoms with van der Waals surface area (Å²) in [6.45, 7) is 0.0162. The summed E-state index contributed by atoms with van der Waals surface area (Å²) in [6.07, 6.45) is 4.34. The number of benzene rings is 1. The van der Waals surface area contributed by atoms with Crippen molar-refractivity contribution in [3.63, 3.8) is 0 Å². The van der Waals surface area contributed by atoms with Gasteiger partial charge in [0.2, 0.25) is 0 Å². The number of carboxylic acid groups (broad SMARTS) is 1. The Morgan fingerprint density at radius 1 is 1.12 bits per heavy atom. The number of carboxylic acids is 1. The van der Waals surface area contributed by atoms with E-state index >= 15 is 0 Å². The van der Waals surface area contributed by atoms with E-state index in [-0.39, 0.29) is 16.7 Å². The molecule has 0 spiro atoms. The lowest BCUT2D eigenvalue weighted by molar-refractivity contribution is -0.139. The van der Waals surface area contributed by atoms with Crippen LogP contribution in [0.3, 0.4) is 0 Å². The lowest BCUT2D eigenvalue weighted by Gasteiger charge is -2.10. The van der Waals surface area contributed by atoms with Crippen LogP contribution in [0.25, 0.3) is 16.9 Å². The minimum absolute atomic E-state index is 0.0901. The van der Waals surface area contributed by atoms with Crippen LogP contribution in [0.15, 0.2) is 63.3 Å². The van der Waals surface area contributed by atoms with E-state index in [9.17, 15) is 19.2 Å². The van der Waals surface area contributed by atoms with Crippen molar-refractivity contribution in [1.82, 2.24) is 24.1 Å².